The second-order valence-corrected chi connectivity index (χ2v) is 6.44. The molecule has 2 rings (SSSR count). The molecule has 7 heteroatoms. The first-order chi connectivity index (χ1) is 11.3. The van der Waals surface area contributed by atoms with Gasteiger partial charge in [0.25, 0.3) is 5.91 Å². The van der Waals surface area contributed by atoms with Crippen LogP contribution < -0.4 is 5.32 Å². The number of anilines is 1. The fourth-order valence-corrected chi connectivity index (χ4v) is 2.85. The molecule has 24 heavy (non-hydrogen) atoms. The number of rotatable bonds is 4. The third-order valence-electron chi connectivity index (χ3n) is 3.18. The molecule has 2 aromatic carbocycles. The van der Waals surface area contributed by atoms with E-state index in [0.29, 0.717) is 15.7 Å². The van der Waals surface area contributed by atoms with Gasteiger partial charge in [-0.2, -0.15) is 0 Å². The second kappa shape index (κ2) is 7.88. The van der Waals surface area contributed by atoms with Gasteiger partial charge in [-0.15, -0.1) is 0 Å². The Hall–Kier alpha value is -1.75. The smallest absolute Gasteiger partial charge is 0.340 e. The molecule has 0 aliphatic heterocycles. The minimum absolute atomic E-state index is 0.0986. The molecule has 0 saturated carbocycles. The van der Waals surface area contributed by atoms with Crippen LogP contribution in [-0.4, -0.2) is 18.5 Å². The van der Waals surface area contributed by atoms with Crippen molar-refractivity contribution in [3.8, 4) is 0 Å². The predicted molar refractivity (Wildman–Crippen MR) is 96.3 cm³/mol. The van der Waals surface area contributed by atoms with Crippen LogP contribution in [0.1, 0.15) is 21.5 Å². The molecule has 0 heterocycles. The van der Waals surface area contributed by atoms with Crippen molar-refractivity contribution in [1.82, 2.24) is 0 Å². The van der Waals surface area contributed by atoms with Crippen molar-refractivity contribution >= 4 is 52.4 Å². The van der Waals surface area contributed by atoms with E-state index in [1.165, 1.54) is 12.1 Å². The molecule has 0 atom stereocenters. The van der Waals surface area contributed by atoms with E-state index >= 15 is 0 Å². The molecule has 0 saturated heterocycles. The van der Waals surface area contributed by atoms with Crippen molar-refractivity contribution in [3.05, 3.63) is 62.1 Å². The van der Waals surface area contributed by atoms with Gasteiger partial charge in [-0.3, -0.25) is 4.79 Å². The highest BCUT2D eigenvalue weighted by Crippen LogP contribution is 2.27. The van der Waals surface area contributed by atoms with Crippen LogP contribution in [0.4, 0.5) is 5.69 Å². The van der Waals surface area contributed by atoms with Gasteiger partial charge in [-0.1, -0.05) is 40.9 Å². The van der Waals surface area contributed by atoms with Crippen molar-refractivity contribution < 1.29 is 14.3 Å². The Labute approximate surface area is 154 Å². The fourth-order valence-electron chi connectivity index (χ4n) is 2.11. The summed E-state index contributed by atoms with van der Waals surface area (Å²) < 4.78 is 4.96. The quantitative estimate of drug-likeness (QED) is 0.747. The van der Waals surface area contributed by atoms with E-state index in [9.17, 15) is 9.59 Å². The summed E-state index contributed by atoms with van der Waals surface area (Å²) in [5.41, 5.74) is 2.39. The highest BCUT2D eigenvalue weighted by Gasteiger charge is 2.15. The van der Waals surface area contributed by atoms with Crippen LogP contribution >= 0.6 is 34.8 Å². The number of carbonyl (C=O) groups is 2. The van der Waals surface area contributed by atoms with E-state index in [0.717, 1.165) is 11.1 Å². The van der Waals surface area contributed by atoms with E-state index in [1.807, 2.05) is 19.9 Å². The zero-order chi connectivity index (χ0) is 17.9. The number of halogens is 3. The topological polar surface area (TPSA) is 55.4 Å². The summed E-state index contributed by atoms with van der Waals surface area (Å²) in [7, 11) is 0. The van der Waals surface area contributed by atoms with E-state index in [-0.39, 0.29) is 10.6 Å². The van der Waals surface area contributed by atoms with Gasteiger partial charge < -0.3 is 10.1 Å². The summed E-state index contributed by atoms with van der Waals surface area (Å²) in [5.74, 6) is -1.24. The Bertz CT molecular complexity index is 783. The van der Waals surface area contributed by atoms with Gasteiger partial charge in [0.2, 0.25) is 0 Å². The van der Waals surface area contributed by atoms with Crippen LogP contribution in [0.25, 0.3) is 0 Å². The third-order valence-corrected chi connectivity index (χ3v) is 4.04. The Kier molecular flexibility index (Phi) is 6.10. The van der Waals surface area contributed by atoms with Crippen molar-refractivity contribution in [2.75, 3.05) is 11.9 Å². The number of carbonyl (C=O) groups excluding carboxylic acids is 2. The number of nitrogens with one attached hydrogen (secondary N) is 1. The highest BCUT2D eigenvalue weighted by molar-refractivity contribution is 6.35. The van der Waals surface area contributed by atoms with Gasteiger partial charge in [0.1, 0.15) is 0 Å². The summed E-state index contributed by atoms with van der Waals surface area (Å²) >= 11 is 17.9. The largest absolute Gasteiger partial charge is 0.452 e. The first kappa shape index (κ1) is 18.6. The average molecular weight is 387 g/mol. The number of benzene rings is 2. The van der Waals surface area contributed by atoms with Crippen molar-refractivity contribution in [3.63, 3.8) is 0 Å². The van der Waals surface area contributed by atoms with Crippen LogP contribution in [0.5, 0.6) is 0 Å². The number of ether oxygens (including phenoxy) is 1. The van der Waals surface area contributed by atoms with Crippen LogP contribution in [-0.2, 0) is 9.53 Å². The van der Waals surface area contributed by atoms with Crippen molar-refractivity contribution in [2.45, 2.75) is 13.8 Å². The van der Waals surface area contributed by atoms with E-state index in [4.69, 9.17) is 39.5 Å². The normalized spacial score (nSPS) is 10.4. The lowest BCUT2D eigenvalue weighted by Gasteiger charge is -2.12. The van der Waals surface area contributed by atoms with E-state index in [1.54, 1.807) is 12.1 Å². The SMILES string of the molecule is Cc1cc(C)c(NC(=O)COC(=O)c2cc(Cl)ccc2Cl)c(Cl)c1. The van der Waals surface area contributed by atoms with Crippen molar-refractivity contribution in [2.24, 2.45) is 0 Å². The lowest BCUT2D eigenvalue weighted by atomic mass is 10.1. The average Bonchev–Trinajstić information content (AvgIpc) is 2.50. The molecule has 1 amide bonds. The maximum absolute atomic E-state index is 12.0. The van der Waals surface area contributed by atoms with E-state index < -0.39 is 18.5 Å². The van der Waals surface area contributed by atoms with Crippen molar-refractivity contribution in [1.29, 1.82) is 0 Å². The minimum Gasteiger partial charge on any atom is -0.452 e. The van der Waals surface area contributed by atoms with Crippen LogP contribution in [0.15, 0.2) is 30.3 Å². The summed E-state index contributed by atoms with van der Waals surface area (Å²) in [4.78, 5) is 24.0. The highest BCUT2D eigenvalue weighted by atomic mass is 35.5. The lowest BCUT2D eigenvalue weighted by Crippen LogP contribution is -2.21. The zero-order valence-corrected chi connectivity index (χ0v) is 15.2. The number of amides is 1. The summed E-state index contributed by atoms with van der Waals surface area (Å²) in [6, 6.07) is 8.04. The first-order valence-corrected chi connectivity index (χ1v) is 8.10. The Morgan fingerprint density at radius 3 is 2.42 bits per heavy atom. The molecule has 0 aromatic heterocycles. The molecule has 4 nitrogen and oxygen atoms in total. The Morgan fingerprint density at radius 2 is 1.75 bits per heavy atom. The molecule has 0 aliphatic rings. The molecule has 0 aliphatic carbocycles. The lowest BCUT2D eigenvalue weighted by molar-refractivity contribution is -0.119. The maximum atomic E-state index is 12.0. The van der Waals surface area contributed by atoms with E-state index in [2.05, 4.69) is 5.32 Å². The molecule has 0 bridgehead atoms. The molecule has 126 valence electrons. The minimum atomic E-state index is -0.732. The van der Waals surface area contributed by atoms with Gasteiger partial charge in [0.15, 0.2) is 6.61 Å². The van der Waals surface area contributed by atoms with Gasteiger partial charge in [-0.25, -0.2) is 4.79 Å². The second-order valence-electron chi connectivity index (χ2n) is 5.19. The van der Waals surface area contributed by atoms with Gasteiger partial charge in [0, 0.05) is 5.02 Å². The number of aryl methyl sites for hydroxylation is 2. The molecular weight excluding hydrogens is 373 g/mol. The number of hydrogen-bond donors (Lipinski definition) is 1. The molecule has 2 aromatic rings. The Balaban J connectivity index is 2.01. The summed E-state index contributed by atoms with van der Waals surface area (Å²) in [6.45, 7) is 3.26. The number of hydrogen-bond acceptors (Lipinski definition) is 3. The van der Waals surface area contributed by atoms with Crippen LogP contribution in [0.2, 0.25) is 15.1 Å². The first-order valence-electron chi connectivity index (χ1n) is 6.96. The van der Waals surface area contributed by atoms with Crippen LogP contribution in [0.3, 0.4) is 0 Å². The Morgan fingerprint density at radius 1 is 1.04 bits per heavy atom. The zero-order valence-electron chi connectivity index (χ0n) is 13.0. The third kappa shape index (κ3) is 4.63. The number of esters is 1. The molecular formula is C17H14Cl3NO3. The summed E-state index contributed by atoms with van der Waals surface area (Å²) in [5, 5.41) is 3.59. The van der Waals surface area contributed by atoms with Crippen LogP contribution in [0, 0.1) is 13.8 Å². The fraction of sp³-hybridized carbons (Fsp3) is 0.176. The maximum Gasteiger partial charge on any atom is 0.340 e. The molecule has 1 N–H and O–H groups in total. The predicted octanol–water partition coefficient (Wildman–Crippen LogP) is 5.06. The monoisotopic (exact) mass is 385 g/mol. The standard InChI is InChI=1S/C17H14Cl3NO3/c1-9-5-10(2)16(14(20)6-9)21-15(22)8-24-17(23)12-7-11(18)3-4-13(12)19/h3-7H,8H2,1-2H3,(H,21,22). The molecule has 0 radical (unpaired) electrons. The summed E-state index contributed by atoms with van der Waals surface area (Å²) in [6.07, 6.45) is 0. The van der Waals surface area contributed by atoms with Gasteiger partial charge in [-0.05, 0) is 49.2 Å². The molecule has 0 fully saturated rings. The van der Waals surface area contributed by atoms with Gasteiger partial charge >= 0.3 is 5.97 Å². The van der Waals surface area contributed by atoms with Gasteiger partial charge in [0.05, 0.1) is 21.3 Å². The molecule has 0 unspecified atom stereocenters. The molecule has 0 spiro atoms.